The van der Waals surface area contributed by atoms with E-state index in [0.29, 0.717) is 0 Å². The maximum Gasteiger partial charge on any atom is 0.170 e. The molecule has 0 spiro atoms. The van der Waals surface area contributed by atoms with E-state index in [2.05, 4.69) is 22.9 Å². The molecule has 0 saturated carbocycles. The fourth-order valence-electron chi connectivity index (χ4n) is 2.13. The molecule has 0 aliphatic carbocycles. The highest BCUT2D eigenvalue weighted by Crippen LogP contribution is 2.11. The minimum atomic E-state index is 0.924. The third-order valence-electron chi connectivity index (χ3n) is 3.09. The van der Waals surface area contributed by atoms with Crippen LogP contribution in [0.4, 0.5) is 0 Å². The summed E-state index contributed by atoms with van der Waals surface area (Å²) in [6.45, 7) is 2.40. The van der Waals surface area contributed by atoms with Crippen molar-refractivity contribution in [1.82, 2.24) is 0 Å². The van der Waals surface area contributed by atoms with Crippen LogP contribution in [0.1, 0.15) is 31.2 Å². The summed E-state index contributed by atoms with van der Waals surface area (Å²) in [4.78, 5) is 0. The van der Waals surface area contributed by atoms with Crippen LogP contribution in [0.3, 0.4) is 0 Å². The monoisotopic (exact) mass is 218 g/mol. The second-order valence-corrected chi connectivity index (χ2v) is 4.35. The average molecular weight is 218 g/mol. The van der Waals surface area contributed by atoms with Gasteiger partial charge in [0.25, 0.3) is 0 Å². The van der Waals surface area contributed by atoms with Crippen molar-refractivity contribution < 1.29 is 9.31 Å². The Balaban J connectivity index is 2.07. The van der Waals surface area contributed by atoms with Crippen molar-refractivity contribution in [2.45, 2.75) is 25.7 Å². The van der Waals surface area contributed by atoms with E-state index < -0.39 is 0 Å². The zero-order chi connectivity index (χ0) is 11.2. The van der Waals surface area contributed by atoms with Gasteiger partial charge in [-0.25, -0.2) is 4.58 Å². The van der Waals surface area contributed by atoms with Gasteiger partial charge in [-0.15, -0.1) is 0 Å². The van der Waals surface area contributed by atoms with Crippen molar-refractivity contribution in [3.8, 4) is 5.75 Å². The SMILES string of the molecule is COc1ccc(C=[N+]2CCCCCC2)cc1. The summed E-state index contributed by atoms with van der Waals surface area (Å²) in [6, 6.07) is 8.26. The molecule has 0 N–H and O–H groups in total. The zero-order valence-corrected chi connectivity index (χ0v) is 9.98. The van der Waals surface area contributed by atoms with E-state index in [-0.39, 0.29) is 0 Å². The molecule has 0 radical (unpaired) electrons. The van der Waals surface area contributed by atoms with Gasteiger partial charge in [0.05, 0.1) is 7.11 Å². The number of hydrogen-bond acceptors (Lipinski definition) is 1. The van der Waals surface area contributed by atoms with Crippen LogP contribution in [-0.2, 0) is 0 Å². The molecule has 0 amide bonds. The predicted molar refractivity (Wildman–Crippen MR) is 66.6 cm³/mol. The smallest absolute Gasteiger partial charge is 0.170 e. The molecule has 1 aliphatic heterocycles. The van der Waals surface area contributed by atoms with E-state index in [9.17, 15) is 0 Å². The van der Waals surface area contributed by atoms with Crippen molar-refractivity contribution >= 4 is 6.21 Å². The number of benzene rings is 1. The van der Waals surface area contributed by atoms with Gasteiger partial charge in [0.1, 0.15) is 18.8 Å². The quantitative estimate of drug-likeness (QED) is 0.695. The normalized spacial score (nSPS) is 16.7. The van der Waals surface area contributed by atoms with E-state index in [1.165, 1.54) is 44.3 Å². The molecule has 0 aromatic heterocycles. The Morgan fingerprint density at radius 1 is 1.00 bits per heavy atom. The Hall–Kier alpha value is -1.31. The van der Waals surface area contributed by atoms with E-state index in [0.717, 1.165) is 5.75 Å². The number of methoxy groups -OCH3 is 1. The summed E-state index contributed by atoms with van der Waals surface area (Å²) in [5, 5.41) is 0. The maximum absolute atomic E-state index is 5.15. The number of nitrogens with zero attached hydrogens (tertiary/aromatic N) is 1. The lowest BCUT2D eigenvalue weighted by molar-refractivity contribution is -0.521. The Labute approximate surface area is 97.6 Å². The summed E-state index contributed by atoms with van der Waals surface area (Å²) < 4.78 is 7.59. The van der Waals surface area contributed by atoms with Crippen LogP contribution in [0.15, 0.2) is 24.3 Å². The van der Waals surface area contributed by atoms with Crippen LogP contribution in [-0.4, -0.2) is 31.0 Å². The fourth-order valence-corrected chi connectivity index (χ4v) is 2.13. The van der Waals surface area contributed by atoms with Gasteiger partial charge >= 0.3 is 0 Å². The van der Waals surface area contributed by atoms with Crippen molar-refractivity contribution in [1.29, 1.82) is 0 Å². The Bertz CT molecular complexity index is 344. The van der Waals surface area contributed by atoms with Gasteiger partial charge in [0, 0.05) is 18.4 Å². The van der Waals surface area contributed by atoms with Crippen molar-refractivity contribution in [2.75, 3.05) is 20.2 Å². The molecule has 2 heteroatoms. The molecule has 1 saturated heterocycles. The van der Waals surface area contributed by atoms with Crippen LogP contribution in [0, 0.1) is 0 Å². The van der Waals surface area contributed by atoms with Crippen LogP contribution in [0.5, 0.6) is 5.75 Å². The maximum atomic E-state index is 5.15. The lowest BCUT2D eigenvalue weighted by atomic mass is 10.2. The molecule has 86 valence electrons. The van der Waals surface area contributed by atoms with Crippen molar-refractivity contribution in [2.24, 2.45) is 0 Å². The first-order chi connectivity index (χ1) is 7.88. The zero-order valence-electron chi connectivity index (χ0n) is 9.98. The van der Waals surface area contributed by atoms with Crippen LogP contribution in [0.2, 0.25) is 0 Å². The van der Waals surface area contributed by atoms with E-state index in [4.69, 9.17) is 4.74 Å². The second-order valence-electron chi connectivity index (χ2n) is 4.35. The van der Waals surface area contributed by atoms with Crippen LogP contribution in [0.25, 0.3) is 0 Å². The number of hydrogen-bond donors (Lipinski definition) is 0. The molecular formula is C14H20NO+. The summed E-state index contributed by atoms with van der Waals surface area (Å²) >= 11 is 0. The molecule has 1 aromatic carbocycles. The van der Waals surface area contributed by atoms with Gasteiger partial charge in [0.15, 0.2) is 6.21 Å². The largest absolute Gasteiger partial charge is 0.497 e. The second kappa shape index (κ2) is 5.69. The lowest BCUT2D eigenvalue weighted by Crippen LogP contribution is -2.14. The van der Waals surface area contributed by atoms with E-state index in [1.54, 1.807) is 7.11 Å². The van der Waals surface area contributed by atoms with Gasteiger partial charge in [-0.2, -0.15) is 0 Å². The van der Waals surface area contributed by atoms with Gasteiger partial charge in [-0.05, 0) is 37.1 Å². The van der Waals surface area contributed by atoms with Crippen LogP contribution >= 0.6 is 0 Å². The molecule has 2 nitrogen and oxygen atoms in total. The molecule has 1 aliphatic rings. The van der Waals surface area contributed by atoms with Gasteiger partial charge in [0.2, 0.25) is 0 Å². The highest BCUT2D eigenvalue weighted by atomic mass is 16.5. The highest BCUT2D eigenvalue weighted by Gasteiger charge is 2.09. The summed E-state index contributed by atoms with van der Waals surface area (Å²) in [6.07, 6.45) is 7.68. The lowest BCUT2D eigenvalue weighted by Gasteiger charge is -2.00. The molecule has 0 unspecified atom stereocenters. The molecule has 16 heavy (non-hydrogen) atoms. The molecule has 0 bridgehead atoms. The standard InChI is InChI=1S/C14H20NO/c1-16-14-8-6-13(7-9-14)12-15-10-4-2-3-5-11-15/h6-9,12H,2-5,10-11H2,1H3/q+1. The van der Waals surface area contributed by atoms with Gasteiger partial charge in [-0.3, -0.25) is 0 Å². The van der Waals surface area contributed by atoms with Gasteiger partial charge in [-0.1, -0.05) is 0 Å². The molecule has 1 heterocycles. The minimum Gasteiger partial charge on any atom is -0.497 e. The average Bonchev–Trinajstić information content (AvgIpc) is 2.59. The number of rotatable bonds is 2. The number of ether oxygens (including phenoxy) is 1. The highest BCUT2D eigenvalue weighted by molar-refractivity contribution is 5.75. The predicted octanol–water partition coefficient (Wildman–Crippen LogP) is 2.70. The minimum absolute atomic E-state index is 0.924. The summed E-state index contributed by atoms with van der Waals surface area (Å²) in [5.74, 6) is 0.924. The topological polar surface area (TPSA) is 12.2 Å². The Kier molecular flexibility index (Phi) is 3.97. The van der Waals surface area contributed by atoms with Gasteiger partial charge < -0.3 is 4.74 Å². The van der Waals surface area contributed by atoms with Crippen molar-refractivity contribution in [3.63, 3.8) is 0 Å². The molecular weight excluding hydrogens is 198 g/mol. The molecule has 1 aromatic rings. The molecule has 0 atom stereocenters. The summed E-state index contributed by atoms with van der Waals surface area (Å²) in [5.41, 5.74) is 1.27. The first-order valence-corrected chi connectivity index (χ1v) is 6.11. The molecule has 2 rings (SSSR count). The van der Waals surface area contributed by atoms with E-state index in [1.807, 2.05) is 12.1 Å². The van der Waals surface area contributed by atoms with E-state index >= 15 is 0 Å². The first-order valence-electron chi connectivity index (χ1n) is 6.11. The first kappa shape index (κ1) is 11.2. The summed E-state index contributed by atoms with van der Waals surface area (Å²) in [7, 11) is 1.70. The third kappa shape index (κ3) is 3.09. The van der Waals surface area contributed by atoms with Crippen molar-refractivity contribution in [3.05, 3.63) is 29.8 Å². The third-order valence-corrected chi connectivity index (χ3v) is 3.09. The Morgan fingerprint density at radius 2 is 1.62 bits per heavy atom. The Morgan fingerprint density at radius 3 is 2.19 bits per heavy atom. The fraction of sp³-hybridized carbons (Fsp3) is 0.500. The van der Waals surface area contributed by atoms with Crippen LogP contribution < -0.4 is 4.74 Å². The molecule has 1 fully saturated rings.